The molecule has 3 N–H and O–H groups in total. The molecule has 0 spiro atoms. The lowest BCUT2D eigenvalue weighted by atomic mass is 10.1. The van der Waals surface area contributed by atoms with Gasteiger partial charge in [0.1, 0.15) is 0 Å². The lowest BCUT2D eigenvalue weighted by Gasteiger charge is -2.07. The Labute approximate surface area is 93.1 Å². The van der Waals surface area contributed by atoms with E-state index in [1.165, 1.54) is 6.20 Å². The summed E-state index contributed by atoms with van der Waals surface area (Å²) in [5, 5.41) is 8.59. The van der Waals surface area contributed by atoms with E-state index in [4.69, 9.17) is 5.11 Å². The van der Waals surface area contributed by atoms with Crippen molar-refractivity contribution in [3.63, 3.8) is 0 Å². The van der Waals surface area contributed by atoms with Crippen molar-refractivity contribution in [2.45, 2.75) is 31.8 Å². The van der Waals surface area contributed by atoms with Crippen LogP contribution in [0, 0.1) is 0 Å². The first kappa shape index (κ1) is 11.0. The van der Waals surface area contributed by atoms with E-state index in [1.54, 1.807) is 6.20 Å². The number of carbonyl (C=O) groups is 1. The molecule has 6 heteroatoms. The van der Waals surface area contributed by atoms with Gasteiger partial charge in [0.2, 0.25) is 0 Å². The van der Waals surface area contributed by atoms with E-state index in [0.29, 0.717) is 11.7 Å². The number of aliphatic carboxylic acids is 1. The summed E-state index contributed by atoms with van der Waals surface area (Å²) in [5.74, 6) is -0.892. The topological polar surface area (TPSA) is 87.1 Å². The minimum Gasteiger partial charge on any atom is -0.481 e. The Morgan fingerprint density at radius 2 is 2.31 bits per heavy atom. The van der Waals surface area contributed by atoms with Gasteiger partial charge in [-0.05, 0) is 13.3 Å². The summed E-state index contributed by atoms with van der Waals surface area (Å²) in [6, 6.07) is 0.562. The highest BCUT2D eigenvalue weighted by Crippen LogP contribution is 2.19. The van der Waals surface area contributed by atoms with Gasteiger partial charge < -0.3 is 5.11 Å². The molecule has 0 aromatic carbocycles. The number of hydrogen-bond acceptors (Lipinski definition) is 5. The molecular weight excluding hydrogens is 208 g/mol. The van der Waals surface area contributed by atoms with Gasteiger partial charge >= 0.3 is 5.97 Å². The average Bonchev–Trinajstić information content (AvgIpc) is 2.65. The van der Waals surface area contributed by atoms with Crippen molar-refractivity contribution in [3.05, 3.63) is 23.8 Å². The third-order valence-electron chi connectivity index (χ3n) is 2.51. The monoisotopic (exact) mass is 222 g/mol. The van der Waals surface area contributed by atoms with E-state index in [9.17, 15) is 4.79 Å². The largest absolute Gasteiger partial charge is 0.481 e. The van der Waals surface area contributed by atoms with Crippen molar-refractivity contribution < 1.29 is 9.90 Å². The second-order valence-corrected chi connectivity index (χ2v) is 3.98. The molecule has 0 radical (unpaired) electrons. The van der Waals surface area contributed by atoms with Gasteiger partial charge in [-0.3, -0.25) is 20.2 Å². The molecule has 0 aliphatic carbocycles. The zero-order valence-electron chi connectivity index (χ0n) is 8.97. The molecule has 1 aliphatic heterocycles. The Hall–Kier alpha value is -1.53. The van der Waals surface area contributed by atoms with Gasteiger partial charge in [0.15, 0.2) is 0 Å². The molecule has 2 heterocycles. The fourth-order valence-electron chi connectivity index (χ4n) is 1.70. The molecule has 0 saturated carbocycles. The van der Waals surface area contributed by atoms with Crippen molar-refractivity contribution in [1.82, 2.24) is 20.8 Å². The number of hydrogen-bond donors (Lipinski definition) is 3. The molecule has 2 atom stereocenters. The fraction of sp³-hybridized carbons (Fsp3) is 0.500. The SMILES string of the molecule is CC1CC(c2cnc(CC(=O)O)cn2)NN1. The van der Waals surface area contributed by atoms with Crippen LogP contribution in [0.1, 0.15) is 30.8 Å². The first-order valence-electron chi connectivity index (χ1n) is 5.19. The van der Waals surface area contributed by atoms with Gasteiger partial charge in [-0.2, -0.15) is 0 Å². The summed E-state index contributed by atoms with van der Waals surface area (Å²) >= 11 is 0. The maximum absolute atomic E-state index is 10.5. The molecule has 1 aliphatic rings. The predicted molar refractivity (Wildman–Crippen MR) is 56.5 cm³/mol. The van der Waals surface area contributed by atoms with Gasteiger partial charge in [-0.25, -0.2) is 5.43 Å². The van der Waals surface area contributed by atoms with Crippen molar-refractivity contribution in [2.75, 3.05) is 0 Å². The number of aromatic nitrogens is 2. The third-order valence-corrected chi connectivity index (χ3v) is 2.51. The Morgan fingerprint density at radius 1 is 1.50 bits per heavy atom. The van der Waals surface area contributed by atoms with Crippen LogP contribution in [0.5, 0.6) is 0 Å². The van der Waals surface area contributed by atoms with Crippen molar-refractivity contribution in [3.8, 4) is 0 Å². The van der Waals surface area contributed by atoms with Crippen LogP contribution in [0.25, 0.3) is 0 Å². The Morgan fingerprint density at radius 3 is 2.81 bits per heavy atom. The summed E-state index contributed by atoms with van der Waals surface area (Å²) in [6.45, 7) is 2.08. The smallest absolute Gasteiger partial charge is 0.309 e. The number of rotatable bonds is 3. The van der Waals surface area contributed by atoms with Gasteiger partial charge in [0, 0.05) is 12.2 Å². The van der Waals surface area contributed by atoms with Crippen molar-refractivity contribution in [1.29, 1.82) is 0 Å². The van der Waals surface area contributed by atoms with Crippen LogP contribution < -0.4 is 10.9 Å². The average molecular weight is 222 g/mol. The van der Waals surface area contributed by atoms with Gasteiger partial charge in [0.05, 0.1) is 30.0 Å². The maximum Gasteiger partial charge on any atom is 0.309 e. The summed E-state index contributed by atoms with van der Waals surface area (Å²) < 4.78 is 0. The Kier molecular flexibility index (Phi) is 3.12. The second-order valence-electron chi connectivity index (χ2n) is 3.98. The lowest BCUT2D eigenvalue weighted by molar-refractivity contribution is -0.136. The zero-order chi connectivity index (χ0) is 11.5. The van der Waals surface area contributed by atoms with Crippen LogP contribution in [-0.2, 0) is 11.2 Å². The minimum atomic E-state index is -0.892. The molecule has 1 aromatic rings. The van der Waals surface area contributed by atoms with E-state index in [0.717, 1.165) is 12.1 Å². The summed E-state index contributed by atoms with van der Waals surface area (Å²) in [4.78, 5) is 18.8. The van der Waals surface area contributed by atoms with E-state index in [-0.39, 0.29) is 12.5 Å². The first-order chi connectivity index (χ1) is 7.65. The second kappa shape index (κ2) is 4.54. The molecule has 2 rings (SSSR count). The van der Waals surface area contributed by atoms with Crippen LogP contribution in [0.4, 0.5) is 0 Å². The molecule has 0 amide bonds. The molecule has 1 aromatic heterocycles. The quantitative estimate of drug-likeness (QED) is 0.669. The number of nitrogens with one attached hydrogen (secondary N) is 2. The Bertz CT molecular complexity index is 379. The Balaban J connectivity index is 2.04. The van der Waals surface area contributed by atoms with Crippen LogP contribution >= 0.6 is 0 Å². The standard InChI is InChI=1S/C10H14N4O2/c1-6-2-8(14-13-6)9-5-11-7(4-12-9)3-10(15)16/h4-6,8,13-14H,2-3H2,1H3,(H,15,16). The number of carboxylic acid groups (broad SMARTS) is 1. The number of nitrogens with zero attached hydrogens (tertiary/aromatic N) is 2. The zero-order valence-corrected chi connectivity index (χ0v) is 8.97. The first-order valence-corrected chi connectivity index (χ1v) is 5.19. The molecule has 6 nitrogen and oxygen atoms in total. The summed E-state index contributed by atoms with van der Waals surface area (Å²) in [6.07, 6.45) is 4.02. The molecule has 1 saturated heterocycles. The van der Waals surface area contributed by atoms with E-state index < -0.39 is 5.97 Å². The maximum atomic E-state index is 10.5. The number of hydrazine groups is 1. The molecule has 16 heavy (non-hydrogen) atoms. The highest BCUT2D eigenvalue weighted by molar-refractivity contribution is 5.69. The highest BCUT2D eigenvalue weighted by Gasteiger charge is 2.22. The predicted octanol–water partition coefficient (Wildman–Crippen LogP) is 0.0312. The highest BCUT2D eigenvalue weighted by atomic mass is 16.4. The van der Waals surface area contributed by atoms with Gasteiger partial charge in [-0.1, -0.05) is 0 Å². The molecule has 0 bridgehead atoms. The van der Waals surface area contributed by atoms with Crippen molar-refractivity contribution in [2.24, 2.45) is 0 Å². The van der Waals surface area contributed by atoms with E-state index in [1.807, 2.05) is 0 Å². The normalized spacial score (nSPS) is 24.6. The summed E-state index contributed by atoms with van der Waals surface area (Å²) in [7, 11) is 0. The van der Waals surface area contributed by atoms with Crippen LogP contribution in [0.2, 0.25) is 0 Å². The number of carboxylic acids is 1. The van der Waals surface area contributed by atoms with Crippen LogP contribution in [0.3, 0.4) is 0 Å². The molecular formula is C10H14N4O2. The van der Waals surface area contributed by atoms with Gasteiger partial charge in [-0.15, -0.1) is 0 Å². The minimum absolute atomic E-state index is 0.0833. The molecule has 1 fully saturated rings. The van der Waals surface area contributed by atoms with Crippen LogP contribution in [0.15, 0.2) is 12.4 Å². The molecule has 2 unspecified atom stereocenters. The molecule has 86 valence electrons. The van der Waals surface area contributed by atoms with Crippen molar-refractivity contribution >= 4 is 5.97 Å². The van der Waals surface area contributed by atoms with Crippen LogP contribution in [-0.4, -0.2) is 27.1 Å². The van der Waals surface area contributed by atoms with E-state index in [2.05, 4.69) is 27.7 Å². The lowest BCUT2D eigenvalue weighted by Crippen LogP contribution is -2.29. The van der Waals surface area contributed by atoms with E-state index >= 15 is 0 Å². The summed E-state index contributed by atoms with van der Waals surface area (Å²) in [5.41, 5.74) is 7.54. The fourth-order valence-corrected chi connectivity index (χ4v) is 1.70. The van der Waals surface area contributed by atoms with Gasteiger partial charge in [0.25, 0.3) is 0 Å². The third kappa shape index (κ3) is 2.53.